The molecule has 0 spiro atoms. The standard InChI is InChI=1S/C11H10ClNO3/c1-6(11(15)16)13-9-3-2-8(12)4-7(9)5-10(13)14/h2-4,6H,5H2,1H3,(H,15,16). The monoisotopic (exact) mass is 239 g/mol. The van der Waals surface area contributed by atoms with Gasteiger partial charge in [0.2, 0.25) is 5.91 Å². The quantitative estimate of drug-likeness (QED) is 0.855. The van der Waals surface area contributed by atoms with Crippen LogP contribution < -0.4 is 4.90 Å². The van der Waals surface area contributed by atoms with E-state index in [1.807, 2.05) is 0 Å². The number of rotatable bonds is 2. The lowest BCUT2D eigenvalue weighted by Crippen LogP contribution is -2.41. The number of carboxylic acids is 1. The van der Waals surface area contributed by atoms with E-state index in [0.29, 0.717) is 10.7 Å². The third-order valence-electron chi connectivity index (χ3n) is 2.66. The summed E-state index contributed by atoms with van der Waals surface area (Å²) in [6, 6.07) is 4.18. The molecule has 1 amide bonds. The predicted octanol–water partition coefficient (Wildman–Crippen LogP) is 1.70. The van der Waals surface area contributed by atoms with E-state index in [-0.39, 0.29) is 12.3 Å². The molecule has 2 rings (SSSR count). The van der Waals surface area contributed by atoms with E-state index in [2.05, 4.69) is 0 Å². The average molecular weight is 240 g/mol. The first kappa shape index (κ1) is 11.0. The van der Waals surface area contributed by atoms with Gasteiger partial charge in [-0.1, -0.05) is 11.6 Å². The van der Waals surface area contributed by atoms with E-state index in [1.54, 1.807) is 18.2 Å². The van der Waals surface area contributed by atoms with Crippen molar-refractivity contribution in [3.05, 3.63) is 28.8 Å². The van der Waals surface area contributed by atoms with Crippen LogP contribution in [-0.2, 0) is 16.0 Å². The number of halogens is 1. The molecule has 1 aliphatic heterocycles. The number of benzene rings is 1. The van der Waals surface area contributed by atoms with Gasteiger partial charge in [0.05, 0.1) is 6.42 Å². The molecule has 1 unspecified atom stereocenters. The molecular weight excluding hydrogens is 230 g/mol. The third-order valence-corrected chi connectivity index (χ3v) is 2.89. The van der Waals surface area contributed by atoms with Crippen molar-refractivity contribution in [2.75, 3.05) is 4.90 Å². The van der Waals surface area contributed by atoms with Crippen molar-refractivity contribution < 1.29 is 14.7 Å². The number of carboxylic acid groups (broad SMARTS) is 1. The largest absolute Gasteiger partial charge is 0.480 e. The lowest BCUT2D eigenvalue weighted by Gasteiger charge is -2.21. The Balaban J connectivity index is 2.44. The second-order valence-electron chi connectivity index (χ2n) is 3.73. The number of aliphatic carboxylic acids is 1. The van der Waals surface area contributed by atoms with E-state index in [1.165, 1.54) is 11.8 Å². The van der Waals surface area contributed by atoms with Gasteiger partial charge in [0.15, 0.2) is 0 Å². The summed E-state index contributed by atoms with van der Waals surface area (Å²) in [5, 5.41) is 9.47. The Bertz CT molecular complexity index is 472. The predicted molar refractivity (Wildman–Crippen MR) is 59.7 cm³/mol. The molecule has 84 valence electrons. The van der Waals surface area contributed by atoms with Gasteiger partial charge in [-0.2, -0.15) is 0 Å². The summed E-state index contributed by atoms with van der Waals surface area (Å²) in [6.45, 7) is 1.49. The van der Waals surface area contributed by atoms with E-state index >= 15 is 0 Å². The number of anilines is 1. The first-order chi connectivity index (χ1) is 7.50. The molecule has 0 fully saturated rings. The Morgan fingerprint density at radius 2 is 2.25 bits per heavy atom. The van der Waals surface area contributed by atoms with Crippen molar-refractivity contribution in [1.29, 1.82) is 0 Å². The zero-order valence-corrected chi connectivity index (χ0v) is 9.36. The fraction of sp³-hybridized carbons (Fsp3) is 0.273. The van der Waals surface area contributed by atoms with E-state index in [9.17, 15) is 9.59 Å². The van der Waals surface area contributed by atoms with E-state index in [4.69, 9.17) is 16.7 Å². The van der Waals surface area contributed by atoms with Crippen LogP contribution in [-0.4, -0.2) is 23.0 Å². The van der Waals surface area contributed by atoms with Crippen LogP contribution in [0.4, 0.5) is 5.69 Å². The molecule has 1 heterocycles. The number of carbonyl (C=O) groups is 2. The first-order valence-corrected chi connectivity index (χ1v) is 5.22. The number of hydrogen-bond acceptors (Lipinski definition) is 2. The Kier molecular flexibility index (Phi) is 2.59. The maximum atomic E-state index is 11.7. The molecule has 16 heavy (non-hydrogen) atoms. The number of hydrogen-bond donors (Lipinski definition) is 1. The van der Waals surface area contributed by atoms with Gasteiger partial charge < -0.3 is 5.11 Å². The summed E-state index contributed by atoms with van der Waals surface area (Å²) < 4.78 is 0. The summed E-state index contributed by atoms with van der Waals surface area (Å²) in [5.74, 6) is -1.22. The number of nitrogens with zero attached hydrogens (tertiary/aromatic N) is 1. The molecule has 1 aromatic rings. The van der Waals surface area contributed by atoms with Gasteiger partial charge in [-0.05, 0) is 30.7 Å². The second kappa shape index (κ2) is 3.79. The molecule has 1 aliphatic rings. The highest BCUT2D eigenvalue weighted by Crippen LogP contribution is 2.32. The Hall–Kier alpha value is -1.55. The molecule has 1 aromatic carbocycles. The van der Waals surface area contributed by atoms with Crippen LogP contribution in [0.25, 0.3) is 0 Å². The topological polar surface area (TPSA) is 57.6 Å². The van der Waals surface area contributed by atoms with Crippen LogP contribution in [0.3, 0.4) is 0 Å². The van der Waals surface area contributed by atoms with Gasteiger partial charge in [0, 0.05) is 10.7 Å². The molecular formula is C11H10ClNO3. The van der Waals surface area contributed by atoms with Gasteiger partial charge in [-0.15, -0.1) is 0 Å². The second-order valence-corrected chi connectivity index (χ2v) is 4.16. The highest BCUT2D eigenvalue weighted by atomic mass is 35.5. The third kappa shape index (κ3) is 1.65. The van der Waals surface area contributed by atoms with Crippen LogP contribution in [0.1, 0.15) is 12.5 Å². The average Bonchev–Trinajstić information content (AvgIpc) is 2.51. The molecule has 4 nitrogen and oxygen atoms in total. The SMILES string of the molecule is CC(C(=O)O)N1C(=O)Cc2cc(Cl)ccc21. The minimum Gasteiger partial charge on any atom is -0.480 e. The number of amides is 1. The molecule has 0 aromatic heterocycles. The van der Waals surface area contributed by atoms with E-state index < -0.39 is 12.0 Å². The summed E-state index contributed by atoms with van der Waals surface area (Å²) in [5.41, 5.74) is 1.43. The summed E-state index contributed by atoms with van der Waals surface area (Å²) >= 11 is 5.81. The zero-order chi connectivity index (χ0) is 11.9. The zero-order valence-electron chi connectivity index (χ0n) is 8.61. The van der Waals surface area contributed by atoms with Crippen LogP contribution in [0.2, 0.25) is 5.02 Å². The molecule has 0 saturated heterocycles. The normalized spacial score (nSPS) is 16.1. The molecule has 5 heteroatoms. The van der Waals surface area contributed by atoms with Crippen molar-refractivity contribution in [1.82, 2.24) is 0 Å². The first-order valence-electron chi connectivity index (χ1n) is 4.84. The molecule has 1 N–H and O–H groups in total. The fourth-order valence-electron chi connectivity index (χ4n) is 1.85. The molecule has 0 radical (unpaired) electrons. The van der Waals surface area contributed by atoms with Crippen molar-refractivity contribution in [3.63, 3.8) is 0 Å². The van der Waals surface area contributed by atoms with Gasteiger partial charge >= 0.3 is 5.97 Å². The highest BCUT2D eigenvalue weighted by Gasteiger charge is 2.34. The summed E-state index contributed by atoms with van der Waals surface area (Å²) in [6.07, 6.45) is 0.216. The van der Waals surface area contributed by atoms with Crippen LogP contribution in [0.15, 0.2) is 18.2 Å². The van der Waals surface area contributed by atoms with Gasteiger partial charge in [0.1, 0.15) is 6.04 Å². The van der Waals surface area contributed by atoms with Crippen molar-refractivity contribution >= 4 is 29.2 Å². The Morgan fingerprint density at radius 3 is 2.88 bits per heavy atom. The lowest BCUT2D eigenvalue weighted by molar-refractivity contribution is -0.139. The van der Waals surface area contributed by atoms with Crippen molar-refractivity contribution in [2.24, 2.45) is 0 Å². The van der Waals surface area contributed by atoms with Crippen molar-refractivity contribution in [3.8, 4) is 0 Å². The summed E-state index contributed by atoms with van der Waals surface area (Å²) in [4.78, 5) is 23.9. The smallest absolute Gasteiger partial charge is 0.326 e. The number of fused-ring (bicyclic) bond motifs is 1. The van der Waals surface area contributed by atoms with Gasteiger partial charge in [-0.3, -0.25) is 9.69 Å². The molecule has 0 aliphatic carbocycles. The lowest BCUT2D eigenvalue weighted by atomic mass is 10.1. The minimum atomic E-state index is -1.02. The van der Waals surface area contributed by atoms with Crippen LogP contribution >= 0.6 is 11.6 Å². The molecule has 0 bridgehead atoms. The number of carbonyl (C=O) groups excluding carboxylic acids is 1. The van der Waals surface area contributed by atoms with E-state index in [0.717, 1.165) is 5.56 Å². The maximum absolute atomic E-state index is 11.7. The van der Waals surface area contributed by atoms with Crippen LogP contribution in [0, 0.1) is 0 Å². The summed E-state index contributed by atoms with van der Waals surface area (Å²) in [7, 11) is 0. The van der Waals surface area contributed by atoms with Gasteiger partial charge in [-0.25, -0.2) is 4.79 Å². The molecule has 1 atom stereocenters. The maximum Gasteiger partial charge on any atom is 0.326 e. The van der Waals surface area contributed by atoms with Crippen molar-refractivity contribution in [2.45, 2.75) is 19.4 Å². The minimum absolute atomic E-state index is 0.202. The Labute approximate surface area is 97.4 Å². The Morgan fingerprint density at radius 1 is 1.56 bits per heavy atom. The van der Waals surface area contributed by atoms with Gasteiger partial charge in [0.25, 0.3) is 0 Å². The fourth-order valence-corrected chi connectivity index (χ4v) is 2.04. The highest BCUT2D eigenvalue weighted by molar-refractivity contribution is 6.31. The van der Waals surface area contributed by atoms with Crippen LogP contribution in [0.5, 0.6) is 0 Å². The molecule has 0 saturated carbocycles.